The van der Waals surface area contributed by atoms with E-state index in [1.165, 1.54) is 19.0 Å². The predicted octanol–water partition coefficient (Wildman–Crippen LogP) is -0.542. The van der Waals surface area contributed by atoms with E-state index in [4.69, 9.17) is 5.73 Å². The Balaban J connectivity index is 1.84. The minimum absolute atomic E-state index is 0.0242. The summed E-state index contributed by atoms with van der Waals surface area (Å²) in [5, 5.41) is 22.2. The first-order valence-electron chi connectivity index (χ1n) is 11.8. The van der Waals surface area contributed by atoms with Crippen LogP contribution in [-0.4, -0.2) is 88.4 Å². The standard InChI is InChI=1S/C25H30FN3O7/c1-5-29(4)9-11-8-14(30)16-12(18(11)26)6-10-7-13-19(28(2)3)21(32)17(24(27)35)23(34)25(13,36)22(33)15(10)20(16)31/h8,10,13,15,17,19,30,36H,5-7,9H2,1-4H3,(H2,27,35)/t10-,13-,15?,17?,19-,25-/m0/s1. The zero-order valence-electron chi connectivity index (χ0n) is 20.6. The lowest BCUT2D eigenvalue weighted by Gasteiger charge is -2.52. The van der Waals surface area contributed by atoms with Crippen molar-refractivity contribution in [2.24, 2.45) is 29.4 Å². The van der Waals surface area contributed by atoms with Gasteiger partial charge in [-0.3, -0.25) is 28.9 Å². The average Bonchev–Trinajstić information content (AvgIpc) is 2.78. The summed E-state index contributed by atoms with van der Waals surface area (Å²) in [5.41, 5.74) is 2.31. The zero-order chi connectivity index (χ0) is 26.9. The normalized spacial score (nSPS) is 31.9. The van der Waals surface area contributed by atoms with Crippen LogP contribution >= 0.6 is 0 Å². The molecule has 0 saturated heterocycles. The van der Waals surface area contributed by atoms with Gasteiger partial charge in [-0.1, -0.05) is 6.92 Å². The molecule has 2 saturated carbocycles. The molecule has 1 aromatic carbocycles. The molecule has 2 fully saturated rings. The number of hydrogen-bond acceptors (Lipinski definition) is 9. The van der Waals surface area contributed by atoms with Gasteiger partial charge in [-0.25, -0.2) is 4.39 Å². The van der Waals surface area contributed by atoms with Crippen molar-refractivity contribution in [2.45, 2.75) is 38.0 Å². The number of benzene rings is 1. The second kappa shape index (κ2) is 8.82. The molecular weight excluding hydrogens is 473 g/mol. The first-order chi connectivity index (χ1) is 16.8. The highest BCUT2D eigenvalue weighted by Gasteiger charge is 2.69. The van der Waals surface area contributed by atoms with Crippen LogP contribution in [0, 0.1) is 29.5 Å². The maximum absolute atomic E-state index is 15.5. The second-order valence-electron chi connectivity index (χ2n) is 10.3. The summed E-state index contributed by atoms with van der Waals surface area (Å²) in [6.07, 6.45) is -0.224. The molecule has 194 valence electrons. The Hall–Kier alpha value is -3.02. The number of carbonyl (C=O) groups excluding carboxylic acids is 5. The Kier molecular flexibility index (Phi) is 6.39. The van der Waals surface area contributed by atoms with Crippen LogP contribution in [0.25, 0.3) is 0 Å². The van der Waals surface area contributed by atoms with Gasteiger partial charge in [0.1, 0.15) is 11.6 Å². The van der Waals surface area contributed by atoms with Gasteiger partial charge in [0.05, 0.1) is 17.5 Å². The molecule has 1 aromatic rings. The quantitative estimate of drug-likeness (QED) is 0.449. The number of aromatic hydroxyl groups is 1. The van der Waals surface area contributed by atoms with E-state index in [9.17, 15) is 34.2 Å². The topological polar surface area (TPSA) is 158 Å². The number of primary amides is 1. The van der Waals surface area contributed by atoms with Crippen LogP contribution in [0.2, 0.25) is 0 Å². The van der Waals surface area contributed by atoms with Crippen molar-refractivity contribution >= 4 is 29.0 Å². The van der Waals surface area contributed by atoms with Crippen molar-refractivity contribution in [3.8, 4) is 5.75 Å². The fourth-order valence-electron chi connectivity index (χ4n) is 6.23. The highest BCUT2D eigenvalue weighted by atomic mass is 19.1. The summed E-state index contributed by atoms with van der Waals surface area (Å²) >= 11 is 0. The third-order valence-corrected chi connectivity index (χ3v) is 8.05. The van der Waals surface area contributed by atoms with Gasteiger partial charge in [0.25, 0.3) is 0 Å². The van der Waals surface area contributed by atoms with Gasteiger partial charge in [0.15, 0.2) is 34.7 Å². The number of nitrogens with two attached hydrogens (primary N) is 1. The second-order valence-corrected chi connectivity index (χ2v) is 10.3. The third-order valence-electron chi connectivity index (χ3n) is 8.05. The SMILES string of the molecule is CCN(C)Cc1cc(O)c2c(c1F)C[C@H]1C[C@H]3[C@H](N(C)C)C(=O)C(C(N)=O)C(=O)[C@@]3(O)C(=O)C1C2=O. The third kappa shape index (κ3) is 3.52. The number of aliphatic hydroxyl groups is 1. The van der Waals surface area contributed by atoms with Gasteiger partial charge >= 0.3 is 0 Å². The molecule has 0 aromatic heterocycles. The van der Waals surface area contributed by atoms with Crippen LogP contribution in [0.1, 0.15) is 34.8 Å². The van der Waals surface area contributed by atoms with Crippen molar-refractivity contribution in [3.63, 3.8) is 0 Å². The van der Waals surface area contributed by atoms with E-state index in [1.54, 1.807) is 7.05 Å². The smallest absolute Gasteiger partial charge is 0.235 e. The zero-order valence-corrected chi connectivity index (χ0v) is 20.6. The fourth-order valence-corrected chi connectivity index (χ4v) is 6.23. The van der Waals surface area contributed by atoms with Gasteiger partial charge in [0, 0.05) is 23.6 Å². The summed E-state index contributed by atoms with van der Waals surface area (Å²) in [6, 6.07) is -0.0479. The van der Waals surface area contributed by atoms with Gasteiger partial charge < -0.3 is 20.8 Å². The van der Waals surface area contributed by atoms with E-state index < -0.39 is 75.9 Å². The largest absolute Gasteiger partial charge is 0.507 e. The lowest BCUT2D eigenvalue weighted by atomic mass is 9.52. The van der Waals surface area contributed by atoms with Crippen molar-refractivity contribution in [2.75, 3.05) is 27.7 Å². The van der Waals surface area contributed by atoms with E-state index in [1.807, 2.05) is 11.8 Å². The molecule has 0 heterocycles. The molecule has 36 heavy (non-hydrogen) atoms. The lowest BCUT2D eigenvalue weighted by Crippen LogP contribution is -2.74. The van der Waals surface area contributed by atoms with Crippen molar-refractivity contribution in [3.05, 3.63) is 28.6 Å². The minimum atomic E-state index is -2.80. The number of phenolic OH excluding ortho intramolecular Hbond substituents is 1. The number of hydrogen-bond donors (Lipinski definition) is 3. The van der Waals surface area contributed by atoms with E-state index in [0.717, 1.165) is 6.07 Å². The van der Waals surface area contributed by atoms with Crippen LogP contribution < -0.4 is 5.73 Å². The van der Waals surface area contributed by atoms with E-state index >= 15 is 4.39 Å². The monoisotopic (exact) mass is 503 g/mol. The highest BCUT2D eigenvalue weighted by Crippen LogP contribution is 2.51. The molecule has 0 spiro atoms. The molecule has 4 N–H and O–H groups in total. The number of nitrogens with zero attached hydrogens (tertiary/aromatic N) is 2. The summed E-state index contributed by atoms with van der Waals surface area (Å²) < 4.78 is 15.5. The molecule has 3 aliphatic carbocycles. The van der Waals surface area contributed by atoms with Crippen molar-refractivity contribution < 1.29 is 38.6 Å². The van der Waals surface area contributed by atoms with Gasteiger partial charge in [-0.15, -0.1) is 0 Å². The van der Waals surface area contributed by atoms with E-state index in [-0.39, 0.29) is 36.1 Å². The van der Waals surface area contributed by atoms with E-state index in [2.05, 4.69) is 0 Å². The van der Waals surface area contributed by atoms with Gasteiger partial charge in [-0.2, -0.15) is 0 Å². The molecule has 2 unspecified atom stereocenters. The first kappa shape index (κ1) is 26.1. The fraction of sp³-hybridized carbons (Fsp3) is 0.560. The van der Waals surface area contributed by atoms with Crippen LogP contribution in [-0.2, 0) is 32.1 Å². The lowest BCUT2D eigenvalue weighted by molar-refractivity contribution is -0.181. The average molecular weight is 504 g/mol. The number of halogens is 1. The number of carbonyl (C=O) groups is 5. The van der Waals surface area contributed by atoms with Crippen molar-refractivity contribution in [1.29, 1.82) is 0 Å². The Bertz CT molecular complexity index is 1200. The predicted molar refractivity (Wildman–Crippen MR) is 123 cm³/mol. The molecule has 0 aliphatic heterocycles. The first-order valence-corrected chi connectivity index (χ1v) is 11.8. The molecule has 0 bridgehead atoms. The Morgan fingerprint density at radius 1 is 1.19 bits per heavy atom. The molecular formula is C25H30FN3O7. The number of likely N-dealkylation sites (N-methyl/N-ethyl adjacent to an activating group) is 1. The Morgan fingerprint density at radius 3 is 2.39 bits per heavy atom. The molecule has 10 nitrogen and oxygen atoms in total. The maximum Gasteiger partial charge on any atom is 0.235 e. The van der Waals surface area contributed by atoms with E-state index in [0.29, 0.717) is 6.54 Å². The van der Waals surface area contributed by atoms with Gasteiger partial charge in [0.2, 0.25) is 5.91 Å². The van der Waals surface area contributed by atoms with Crippen LogP contribution in [0.4, 0.5) is 4.39 Å². The molecule has 3 aliphatic rings. The van der Waals surface area contributed by atoms with Gasteiger partial charge in [-0.05, 0) is 52.5 Å². The molecule has 0 radical (unpaired) electrons. The summed E-state index contributed by atoms with van der Waals surface area (Å²) in [5.74, 6) is -12.3. The number of ketones is 4. The van der Waals surface area contributed by atoms with Crippen LogP contribution in [0.5, 0.6) is 5.75 Å². The number of fused-ring (bicyclic) bond motifs is 3. The Labute approximate surface area is 207 Å². The molecule has 6 atom stereocenters. The number of Topliss-reactive ketones (excluding diaryl/α,β-unsaturated/α-hetero) is 4. The maximum atomic E-state index is 15.5. The Morgan fingerprint density at radius 2 is 1.83 bits per heavy atom. The molecule has 1 amide bonds. The highest BCUT2D eigenvalue weighted by molar-refractivity contribution is 6.32. The molecule has 11 heteroatoms. The minimum Gasteiger partial charge on any atom is -0.507 e. The number of rotatable bonds is 5. The summed E-state index contributed by atoms with van der Waals surface area (Å²) in [6.45, 7) is 2.69. The number of phenols is 1. The van der Waals surface area contributed by atoms with Crippen molar-refractivity contribution in [1.82, 2.24) is 9.80 Å². The number of amides is 1. The van der Waals surface area contributed by atoms with Crippen LogP contribution in [0.3, 0.4) is 0 Å². The molecule has 4 rings (SSSR count). The van der Waals surface area contributed by atoms with Crippen LogP contribution in [0.15, 0.2) is 6.07 Å². The summed E-state index contributed by atoms with van der Waals surface area (Å²) in [4.78, 5) is 68.6. The summed E-state index contributed by atoms with van der Waals surface area (Å²) in [7, 11) is 4.78.